The van der Waals surface area contributed by atoms with Crippen LogP contribution in [0.15, 0.2) is 30.3 Å². The quantitative estimate of drug-likeness (QED) is 0.777. The van der Waals surface area contributed by atoms with E-state index in [1.54, 1.807) is 0 Å². The van der Waals surface area contributed by atoms with Gasteiger partial charge in [0.2, 0.25) is 5.91 Å². The topological polar surface area (TPSA) is 55.1 Å². The molecule has 0 spiro atoms. The van der Waals surface area contributed by atoms with Gasteiger partial charge in [0.05, 0.1) is 0 Å². The first-order chi connectivity index (χ1) is 8.58. The van der Waals surface area contributed by atoms with Crippen LogP contribution in [-0.4, -0.2) is 18.0 Å². The molecular formula is C15H24N2O. The number of aryl methyl sites for hydroxylation is 1. The van der Waals surface area contributed by atoms with Crippen molar-refractivity contribution < 1.29 is 4.79 Å². The number of hydrogen-bond acceptors (Lipinski definition) is 2. The molecule has 1 rings (SSSR count). The van der Waals surface area contributed by atoms with Gasteiger partial charge >= 0.3 is 0 Å². The molecule has 18 heavy (non-hydrogen) atoms. The Morgan fingerprint density at radius 2 is 1.89 bits per heavy atom. The summed E-state index contributed by atoms with van der Waals surface area (Å²) in [5.41, 5.74) is 6.94. The van der Waals surface area contributed by atoms with Crippen LogP contribution in [0.4, 0.5) is 0 Å². The molecule has 2 unspecified atom stereocenters. The van der Waals surface area contributed by atoms with Gasteiger partial charge < -0.3 is 11.1 Å². The van der Waals surface area contributed by atoms with Crippen LogP contribution in [0.5, 0.6) is 0 Å². The molecule has 2 atom stereocenters. The molecule has 3 nitrogen and oxygen atoms in total. The molecule has 0 fully saturated rings. The Morgan fingerprint density at radius 1 is 1.22 bits per heavy atom. The minimum atomic E-state index is 0.0929. The van der Waals surface area contributed by atoms with Gasteiger partial charge in [-0.15, -0.1) is 0 Å². The summed E-state index contributed by atoms with van der Waals surface area (Å²) in [5.74, 6) is 0.105. The lowest BCUT2D eigenvalue weighted by molar-refractivity contribution is -0.121. The maximum atomic E-state index is 11.6. The predicted octanol–water partition coefficient (Wildman–Crippen LogP) is 2.25. The van der Waals surface area contributed by atoms with Crippen molar-refractivity contribution in [3.63, 3.8) is 0 Å². The lowest BCUT2D eigenvalue weighted by Crippen LogP contribution is -2.33. The van der Waals surface area contributed by atoms with E-state index in [4.69, 9.17) is 5.73 Å². The molecule has 0 aliphatic rings. The van der Waals surface area contributed by atoms with E-state index < -0.39 is 0 Å². The van der Waals surface area contributed by atoms with Crippen LogP contribution in [-0.2, 0) is 11.2 Å². The highest BCUT2D eigenvalue weighted by Gasteiger charge is 2.08. The summed E-state index contributed by atoms with van der Waals surface area (Å²) in [6.45, 7) is 3.97. The van der Waals surface area contributed by atoms with Gasteiger partial charge in [-0.2, -0.15) is 0 Å². The second kappa shape index (κ2) is 7.88. The average molecular weight is 248 g/mol. The Labute approximate surface area is 110 Å². The molecule has 0 bridgehead atoms. The van der Waals surface area contributed by atoms with Crippen molar-refractivity contribution >= 4 is 5.91 Å². The van der Waals surface area contributed by atoms with Gasteiger partial charge in [0.15, 0.2) is 0 Å². The van der Waals surface area contributed by atoms with Crippen molar-refractivity contribution in [1.29, 1.82) is 0 Å². The molecule has 1 aromatic carbocycles. The summed E-state index contributed by atoms with van der Waals surface area (Å²) < 4.78 is 0. The van der Waals surface area contributed by atoms with Gasteiger partial charge in [-0.3, -0.25) is 4.79 Å². The van der Waals surface area contributed by atoms with Crippen LogP contribution >= 0.6 is 0 Å². The van der Waals surface area contributed by atoms with Crippen LogP contribution in [0.25, 0.3) is 0 Å². The van der Waals surface area contributed by atoms with E-state index in [0.717, 1.165) is 19.3 Å². The smallest absolute Gasteiger partial charge is 0.220 e. The number of carbonyl (C=O) groups is 1. The Kier molecular flexibility index (Phi) is 6.44. The highest BCUT2D eigenvalue weighted by molar-refractivity contribution is 5.76. The zero-order valence-corrected chi connectivity index (χ0v) is 11.4. The van der Waals surface area contributed by atoms with Crippen molar-refractivity contribution in [2.75, 3.05) is 0 Å². The molecule has 0 aromatic heterocycles. The van der Waals surface area contributed by atoms with Gasteiger partial charge in [0.25, 0.3) is 0 Å². The minimum absolute atomic E-state index is 0.0929. The minimum Gasteiger partial charge on any atom is -0.354 e. The lowest BCUT2D eigenvalue weighted by atomic mass is 10.1. The van der Waals surface area contributed by atoms with Crippen molar-refractivity contribution in [3.8, 4) is 0 Å². The second-order valence-corrected chi connectivity index (χ2v) is 5.01. The zero-order valence-electron chi connectivity index (χ0n) is 11.4. The summed E-state index contributed by atoms with van der Waals surface area (Å²) in [7, 11) is 0. The van der Waals surface area contributed by atoms with Crippen LogP contribution in [0.2, 0.25) is 0 Å². The summed E-state index contributed by atoms with van der Waals surface area (Å²) in [6.07, 6.45) is 3.23. The third-order valence-electron chi connectivity index (χ3n) is 2.94. The van der Waals surface area contributed by atoms with Gasteiger partial charge in [0.1, 0.15) is 0 Å². The number of nitrogens with one attached hydrogen (secondary N) is 1. The van der Waals surface area contributed by atoms with E-state index in [9.17, 15) is 4.79 Å². The van der Waals surface area contributed by atoms with E-state index >= 15 is 0 Å². The molecule has 0 saturated carbocycles. The van der Waals surface area contributed by atoms with E-state index in [0.29, 0.717) is 6.42 Å². The van der Waals surface area contributed by atoms with E-state index in [2.05, 4.69) is 17.4 Å². The first-order valence-corrected chi connectivity index (χ1v) is 6.67. The molecule has 0 aliphatic carbocycles. The van der Waals surface area contributed by atoms with Crippen molar-refractivity contribution in [2.24, 2.45) is 5.73 Å². The monoisotopic (exact) mass is 248 g/mol. The van der Waals surface area contributed by atoms with Crippen LogP contribution in [0, 0.1) is 0 Å². The number of hydrogen-bond donors (Lipinski definition) is 2. The largest absolute Gasteiger partial charge is 0.354 e. The van der Waals surface area contributed by atoms with Gasteiger partial charge in [-0.1, -0.05) is 30.3 Å². The first-order valence-electron chi connectivity index (χ1n) is 6.67. The number of carbonyl (C=O) groups excluding carboxylic acids is 1. The summed E-state index contributed by atoms with van der Waals surface area (Å²) in [5, 5.41) is 3.01. The SMILES string of the molecule is CC(N)CCC(=O)NC(C)CCc1ccccc1. The zero-order chi connectivity index (χ0) is 13.4. The molecule has 100 valence electrons. The Hall–Kier alpha value is -1.35. The van der Waals surface area contributed by atoms with Crippen molar-refractivity contribution in [3.05, 3.63) is 35.9 Å². The molecule has 3 heteroatoms. The van der Waals surface area contributed by atoms with Gasteiger partial charge in [-0.25, -0.2) is 0 Å². The molecule has 1 amide bonds. The average Bonchev–Trinajstić information content (AvgIpc) is 2.35. The van der Waals surface area contributed by atoms with Crippen molar-refractivity contribution in [1.82, 2.24) is 5.32 Å². The van der Waals surface area contributed by atoms with Crippen molar-refractivity contribution in [2.45, 2.75) is 51.6 Å². The molecule has 0 heterocycles. The molecule has 0 aliphatic heterocycles. The number of benzene rings is 1. The molecular weight excluding hydrogens is 224 g/mol. The number of rotatable bonds is 7. The van der Waals surface area contributed by atoms with Gasteiger partial charge in [-0.05, 0) is 38.7 Å². The second-order valence-electron chi connectivity index (χ2n) is 5.01. The molecule has 0 radical (unpaired) electrons. The summed E-state index contributed by atoms with van der Waals surface area (Å²) in [6, 6.07) is 10.6. The lowest BCUT2D eigenvalue weighted by Gasteiger charge is -2.14. The standard InChI is InChI=1S/C15H24N2O/c1-12(16)8-11-15(18)17-13(2)9-10-14-6-4-3-5-7-14/h3-7,12-13H,8-11,16H2,1-2H3,(H,17,18). The molecule has 0 saturated heterocycles. The fourth-order valence-electron chi connectivity index (χ4n) is 1.81. The van der Waals surface area contributed by atoms with E-state index in [-0.39, 0.29) is 18.0 Å². The third-order valence-corrected chi connectivity index (χ3v) is 2.94. The number of amides is 1. The first kappa shape index (κ1) is 14.7. The van der Waals surface area contributed by atoms with E-state index in [1.165, 1.54) is 5.56 Å². The third kappa shape index (κ3) is 6.40. The number of nitrogens with two attached hydrogens (primary N) is 1. The van der Waals surface area contributed by atoms with E-state index in [1.807, 2.05) is 32.0 Å². The highest BCUT2D eigenvalue weighted by atomic mass is 16.1. The maximum absolute atomic E-state index is 11.6. The molecule has 3 N–H and O–H groups in total. The fraction of sp³-hybridized carbons (Fsp3) is 0.533. The normalized spacial score (nSPS) is 13.9. The van der Waals surface area contributed by atoms with Gasteiger partial charge in [0, 0.05) is 18.5 Å². The van der Waals surface area contributed by atoms with Crippen LogP contribution in [0.1, 0.15) is 38.7 Å². The molecule has 1 aromatic rings. The highest BCUT2D eigenvalue weighted by Crippen LogP contribution is 2.05. The Balaban J connectivity index is 2.21. The van der Waals surface area contributed by atoms with Crippen LogP contribution in [0.3, 0.4) is 0 Å². The maximum Gasteiger partial charge on any atom is 0.220 e. The Bertz CT molecular complexity index is 349. The summed E-state index contributed by atoms with van der Waals surface area (Å²) >= 11 is 0. The summed E-state index contributed by atoms with van der Waals surface area (Å²) in [4.78, 5) is 11.6. The van der Waals surface area contributed by atoms with Crippen LogP contribution < -0.4 is 11.1 Å². The predicted molar refractivity (Wildman–Crippen MR) is 75.3 cm³/mol. The fourth-order valence-corrected chi connectivity index (χ4v) is 1.81. The Morgan fingerprint density at radius 3 is 2.50 bits per heavy atom.